The SMILES string of the molecule is CCCn1cc(N)cc1C(=O)N1CCCC2C(=O)NCC21. The fraction of sp³-hybridized carbons (Fsp3) is 0.600. The summed E-state index contributed by atoms with van der Waals surface area (Å²) in [4.78, 5) is 26.5. The van der Waals surface area contributed by atoms with E-state index in [9.17, 15) is 9.59 Å². The first-order chi connectivity index (χ1) is 10.1. The summed E-state index contributed by atoms with van der Waals surface area (Å²) >= 11 is 0. The first-order valence-corrected chi connectivity index (χ1v) is 7.66. The number of nitrogens with two attached hydrogens (primary N) is 1. The maximum atomic E-state index is 12.9. The first kappa shape index (κ1) is 14.0. The Morgan fingerprint density at radius 1 is 1.52 bits per heavy atom. The van der Waals surface area contributed by atoms with Gasteiger partial charge in [0.2, 0.25) is 5.91 Å². The van der Waals surface area contributed by atoms with E-state index in [4.69, 9.17) is 5.73 Å². The van der Waals surface area contributed by atoms with Gasteiger partial charge in [-0.05, 0) is 25.3 Å². The van der Waals surface area contributed by atoms with Crippen LogP contribution < -0.4 is 11.1 Å². The van der Waals surface area contributed by atoms with Crippen molar-refractivity contribution >= 4 is 17.5 Å². The normalized spacial score (nSPS) is 24.8. The van der Waals surface area contributed by atoms with Crippen LogP contribution in [-0.4, -0.2) is 40.4 Å². The molecule has 2 fully saturated rings. The van der Waals surface area contributed by atoms with Gasteiger partial charge in [-0.15, -0.1) is 0 Å². The molecule has 6 nitrogen and oxygen atoms in total. The minimum Gasteiger partial charge on any atom is -0.397 e. The van der Waals surface area contributed by atoms with Crippen molar-refractivity contribution in [3.05, 3.63) is 18.0 Å². The minimum absolute atomic E-state index is 0.00801. The highest BCUT2D eigenvalue weighted by atomic mass is 16.2. The topological polar surface area (TPSA) is 80.4 Å². The number of piperidine rings is 1. The standard InChI is InChI=1S/C15H22N4O2/c1-2-5-18-9-10(16)7-12(18)15(21)19-6-3-4-11-13(19)8-17-14(11)20/h7,9,11,13H,2-6,8,16H2,1H3,(H,17,20). The number of fused-ring (bicyclic) bond motifs is 1. The van der Waals surface area contributed by atoms with Crippen molar-refractivity contribution in [2.24, 2.45) is 5.92 Å². The largest absolute Gasteiger partial charge is 0.397 e. The molecule has 0 radical (unpaired) electrons. The van der Waals surface area contributed by atoms with E-state index in [-0.39, 0.29) is 23.8 Å². The number of anilines is 1. The summed E-state index contributed by atoms with van der Waals surface area (Å²) in [5.41, 5.74) is 7.09. The molecular formula is C15H22N4O2. The highest BCUT2D eigenvalue weighted by Crippen LogP contribution is 2.29. The predicted octanol–water partition coefficient (Wildman–Crippen LogP) is 0.831. The minimum atomic E-state index is -0.0466. The third-order valence-corrected chi connectivity index (χ3v) is 4.46. The fourth-order valence-electron chi connectivity index (χ4n) is 3.49. The van der Waals surface area contributed by atoms with Crippen molar-refractivity contribution in [3.63, 3.8) is 0 Å². The predicted molar refractivity (Wildman–Crippen MR) is 79.7 cm³/mol. The zero-order valence-electron chi connectivity index (χ0n) is 12.3. The molecule has 0 spiro atoms. The quantitative estimate of drug-likeness (QED) is 0.865. The van der Waals surface area contributed by atoms with Crippen molar-refractivity contribution in [1.29, 1.82) is 0 Å². The summed E-state index contributed by atoms with van der Waals surface area (Å²) < 4.78 is 1.92. The molecule has 1 aromatic rings. The zero-order valence-corrected chi connectivity index (χ0v) is 12.3. The Kier molecular flexibility index (Phi) is 3.61. The average molecular weight is 290 g/mol. The van der Waals surface area contributed by atoms with Crippen molar-refractivity contribution in [3.8, 4) is 0 Å². The third kappa shape index (κ3) is 2.39. The zero-order chi connectivity index (χ0) is 15.0. The molecule has 0 bridgehead atoms. The first-order valence-electron chi connectivity index (χ1n) is 7.66. The van der Waals surface area contributed by atoms with Crippen LogP contribution in [0.3, 0.4) is 0 Å². The van der Waals surface area contributed by atoms with Gasteiger partial charge in [-0.1, -0.05) is 6.92 Å². The fourth-order valence-corrected chi connectivity index (χ4v) is 3.49. The lowest BCUT2D eigenvalue weighted by Gasteiger charge is -2.36. The summed E-state index contributed by atoms with van der Waals surface area (Å²) in [6.07, 6.45) is 4.51. The molecule has 21 heavy (non-hydrogen) atoms. The number of aryl methyl sites for hydroxylation is 1. The summed E-state index contributed by atoms with van der Waals surface area (Å²) in [5.74, 6) is 0.0296. The molecule has 0 aromatic carbocycles. The molecule has 2 saturated heterocycles. The molecule has 2 amide bonds. The Bertz CT molecular complexity index is 566. The summed E-state index contributed by atoms with van der Waals surface area (Å²) in [7, 11) is 0. The number of hydrogen-bond donors (Lipinski definition) is 2. The third-order valence-electron chi connectivity index (χ3n) is 4.46. The van der Waals surface area contributed by atoms with Gasteiger partial charge in [-0.3, -0.25) is 9.59 Å². The molecule has 2 aliphatic heterocycles. The number of rotatable bonds is 3. The van der Waals surface area contributed by atoms with Gasteiger partial charge < -0.3 is 20.5 Å². The number of aromatic nitrogens is 1. The molecule has 2 unspecified atom stereocenters. The van der Waals surface area contributed by atoms with Gasteiger partial charge in [0.25, 0.3) is 5.91 Å². The van der Waals surface area contributed by atoms with Crippen LogP contribution >= 0.6 is 0 Å². The van der Waals surface area contributed by atoms with E-state index in [1.807, 2.05) is 15.7 Å². The number of likely N-dealkylation sites (tertiary alicyclic amines) is 1. The molecule has 1 aromatic heterocycles. The lowest BCUT2D eigenvalue weighted by Crippen LogP contribution is -2.49. The van der Waals surface area contributed by atoms with E-state index in [1.54, 1.807) is 6.07 Å². The van der Waals surface area contributed by atoms with Gasteiger partial charge in [0, 0.05) is 25.8 Å². The molecule has 3 rings (SSSR count). The monoisotopic (exact) mass is 290 g/mol. The van der Waals surface area contributed by atoms with E-state index < -0.39 is 0 Å². The van der Waals surface area contributed by atoms with Gasteiger partial charge in [-0.25, -0.2) is 0 Å². The Labute approximate surface area is 124 Å². The van der Waals surface area contributed by atoms with Crippen LogP contribution in [0, 0.1) is 5.92 Å². The van der Waals surface area contributed by atoms with E-state index in [2.05, 4.69) is 12.2 Å². The van der Waals surface area contributed by atoms with E-state index in [1.165, 1.54) is 0 Å². The highest BCUT2D eigenvalue weighted by Gasteiger charge is 2.43. The van der Waals surface area contributed by atoms with Crippen LogP contribution in [0.5, 0.6) is 0 Å². The van der Waals surface area contributed by atoms with Crippen molar-refractivity contribution in [1.82, 2.24) is 14.8 Å². The smallest absolute Gasteiger partial charge is 0.270 e. The molecule has 3 N–H and O–H groups in total. The molecule has 0 saturated carbocycles. The van der Waals surface area contributed by atoms with E-state index in [0.717, 1.165) is 25.8 Å². The van der Waals surface area contributed by atoms with Crippen LogP contribution in [0.25, 0.3) is 0 Å². The summed E-state index contributed by atoms with van der Waals surface area (Å²) in [5, 5.41) is 2.88. The number of nitrogens with one attached hydrogen (secondary N) is 1. The van der Waals surface area contributed by atoms with Gasteiger partial charge in [0.15, 0.2) is 0 Å². The van der Waals surface area contributed by atoms with Crippen LogP contribution in [-0.2, 0) is 11.3 Å². The molecule has 6 heteroatoms. The Balaban J connectivity index is 1.86. The molecule has 3 heterocycles. The molecule has 0 aliphatic carbocycles. The number of carbonyl (C=O) groups is 2. The Morgan fingerprint density at radius 2 is 2.33 bits per heavy atom. The number of nitrogens with zero attached hydrogens (tertiary/aromatic N) is 2. The molecule has 2 atom stereocenters. The van der Waals surface area contributed by atoms with Gasteiger partial charge in [0.1, 0.15) is 5.69 Å². The van der Waals surface area contributed by atoms with Gasteiger partial charge >= 0.3 is 0 Å². The highest BCUT2D eigenvalue weighted by molar-refractivity contribution is 5.95. The van der Waals surface area contributed by atoms with Crippen LogP contribution in [0.4, 0.5) is 5.69 Å². The van der Waals surface area contributed by atoms with Crippen LogP contribution in [0.2, 0.25) is 0 Å². The molecule has 114 valence electrons. The van der Waals surface area contributed by atoms with E-state index >= 15 is 0 Å². The Morgan fingerprint density at radius 3 is 3.10 bits per heavy atom. The molecular weight excluding hydrogens is 268 g/mol. The maximum Gasteiger partial charge on any atom is 0.270 e. The summed E-state index contributed by atoms with van der Waals surface area (Å²) in [6, 6.07) is 1.73. The average Bonchev–Trinajstić information content (AvgIpc) is 3.02. The van der Waals surface area contributed by atoms with Crippen molar-refractivity contribution < 1.29 is 9.59 Å². The second-order valence-electron chi connectivity index (χ2n) is 5.91. The van der Waals surface area contributed by atoms with Gasteiger partial charge in [0.05, 0.1) is 17.6 Å². The van der Waals surface area contributed by atoms with Crippen LogP contribution in [0.1, 0.15) is 36.7 Å². The molecule has 2 aliphatic rings. The number of amides is 2. The second-order valence-corrected chi connectivity index (χ2v) is 5.91. The lowest BCUT2D eigenvalue weighted by atomic mass is 9.91. The number of hydrogen-bond acceptors (Lipinski definition) is 3. The lowest BCUT2D eigenvalue weighted by molar-refractivity contribution is -0.123. The van der Waals surface area contributed by atoms with Crippen LogP contribution in [0.15, 0.2) is 12.3 Å². The van der Waals surface area contributed by atoms with Crippen molar-refractivity contribution in [2.45, 2.75) is 38.8 Å². The van der Waals surface area contributed by atoms with Crippen molar-refractivity contribution in [2.75, 3.05) is 18.8 Å². The number of nitrogen functional groups attached to an aromatic ring is 1. The second kappa shape index (κ2) is 5.42. The van der Waals surface area contributed by atoms with E-state index in [0.29, 0.717) is 24.5 Å². The summed E-state index contributed by atoms with van der Waals surface area (Å²) in [6.45, 7) is 4.13. The number of carbonyl (C=O) groups excluding carboxylic acids is 2. The Hall–Kier alpha value is -1.98. The van der Waals surface area contributed by atoms with Gasteiger partial charge in [-0.2, -0.15) is 0 Å². The maximum absolute atomic E-state index is 12.9.